The van der Waals surface area contributed by atoms with E-state index in [2.05, 4.69) is 15.2 Å². The molecule has 0 aliphatic carbocycles. The number of nitrogens with zero attached hydrogens (tertiary/aromatic N) is 3. The summed E-state index contributed by atoms with van der Waals surface area (Å²) in [4.78, 5) is 4.61. The van der Waals surface area contributed by atoms with Crippen LogP contribution in [0.25, 0.3) is 22.1 Å². The highest BCUT2D eigenvalue weighted by molar-refractivity contribution is 7.71. The maximum atomic E-state index is 5.15. The van der Waals surface area contributed by atoms with Gasteiger partial charge in [-0.15, -0.1) is 11.3 Å². The first-order chi connectivity index (χ1) is 9.69. The molecule has 3 rings (SSSR count). The smallest absolute Gasteiger partial charge is 0.195 e. The molecule has 0 aliphatic rings. The Balaban J connectivity index is 1.97. The van der Waals surface area contributed by atoms with Crippen molar-refractivity contribution in [1.82, 2.24) is 19.7 Å². The minimum absolute atomic E-state index is 0.582. The standard InChI is InChI=1S/C13H12N4OS2/c1-17-11(15-16-13(17)19)10-7-20-12(14-10)8-3-5-9(18-2)6-4-8/h3-7H,1-2H3,(H,16,19). The Morgan fingerprint density at radius 1 is 1.30 bits per heavy atom. The first-order valence-corrected chi connectivity index (χ1v) is 7.19. The van der Waals surface area contributed by atoms with E-state index in [-0.39, 0.29) is 0 Å². The summed E-state index contributed by atoms with van der Waals surface area (Å²) in [5.74, 6) is 1.57. The molecule has 0 saturated heterocycles. The number of benzene rings is 1. The van der Waals surface area contributed by atoms with Crippen LogP contribution in [0.3, 0.4) is 0 Å². The van der Waals surface area contributed by atoms with E-state index in [1.54, 1.807) is 18.4 Å². The van der Waals surface area contributed by atoms with Crippen LogP contribution in [0, 0.1) is 4.77 Å². The van der Waals surface area contributed by atoms with E-state index in [0.29, 0.717) is 4.77 Å². The molecule has 0 amide bonds. The molecule has 2 aromatic heterocycles. The number of methoxy groups -OCH3 is 1. The van der Waals surface area contributed by atoms with Crippen molar-refractivity contribution in [3.05, 3.63) is 34.4 Å². The first-order valence-electron chi connectivity index (χ1n) is 5.91. The Labute approximate surface area is 124 Å². The molecule has 0 saturated carbocycles. The van der Waals surface area contributed by atoms with Gasteiger partial charge in [-0.05, 0) is 36.5 Å². The number of hydrogen-bond acceptors (Lipinski definition) is 5. The number of aromatic amines is 1. The number of nitrogens with one attached hydrogen (secondary N) is 1. The molecule has 0 aliphatic heterocycles. The van der Waals surface area contributed by atoms with Gasteiger partial charge in [-0.1, -0.05) is 0 Å². The summed E-state index contributed by atoms with van der Waals surface area (Å²) in [5.41, 5.74) is 1.87. The van der Waals surface area contributed by atoms with Gasteiger partial charge in [-0.2, -0.15) is 5.10 Å². The molecule has 0 bridgehead atoms. The van der Waals surface area contributed by atoms with Crippen LogP contribution in [0.15, 0.2) is 29.6 Å². The van der Waals surface area contributed by atoms with E-state index in [1.807, 2.05) is 41.3 Å². The van der Waals surface area contributed by atoms with Gasteiger partial charge in [0.1, 0.15) is 16.5 Å². The molecule has 20 heavy (non-hydrogen) atoms. The molecule has 0 fully saturated rings. The van der Waals surface area contributed by atoms with Crippen molar-refractivity contribution in [2.45, 2.75) is 0 Å². The molecule has 0 atom stereocenters. The van der Waals surface area contributed by atoms with Gasteiger partial charge in [0, 0.05) is 18.0 Å². The van der Waals surface area contributed by atoms with Gasteiger partial charge in [-0.25, -0.2) is 4.98 Å². The number of aromatic nitrogens is 4. The molecule has 5 nitrogen and oxygen atoms in total. The van der Waals surface area contributed by atoms with Crippen LogP contribution in [-0.4, -0.2) is 26.9 Å². The first kappa shape index (κ1) is 13.0. The van der Waals surface area contributed by atoms with Gasteiger partial charge in [0.15, 0.2) is 10.6 Å². The number of ether oxygens (including phenoxy) is 1. The Morgan fingerprint density at radius 3 is 2.65 bits per heavy atom. The summed E-state index contributed by atoms with van der Waals surface area (Å²) in [6.45, 7) is 0. The maximum absolute atomic E-state index is 5.15. The summed E-state index contributed by atoms with van der Waals surface area (Å²) in [7, 11) is 3.52. The lowest BCUT2D eigenvalue weighted by molar-refractivity contribution is 0.415. The Bertz CT molecular complexity index is 785. The van der Waals surface area contributed by atoms with Gasteiger partial charge >= 0.3 is 0 Å². The lowest BCUT2D eigenvalue weighted by atomic mass is 10.2. The molecule has 7 heteroatoms. The van der Waals surface area contributed by atoms with Gasteiger partial charge in [-0.3, -0.25) is 5.10 Å². The minimum Gasteiger partial charge on any atom is -0.497 e. The predicted molar refractivity (Wildman–Crippen MR) is 81.5 cm³/mol. The van der Waals surface area contributed by atoms with Crippen molar-refractivity contribution in [3.8, 4) is 27.8 Å². The van der Waals surface area contributed by atoms with Crippen LogP contribution < -0.4 is 4.74 Å². The van der Waals surface area contributed by atoms with E-state index in [0.717, 1.165) is 27.8 Å². The second-order valence-electron chi connectivity index (χ2n) is 4.18. The quantitative estimate of drug-likeness (QED) is 0.755. The third-order valence-electron chi connectivity index (χ3n) is 2.95. The normalized spacial score (nSPS) is 10.7. The molecule has 0 spiro atoms. The summed E-state index contributed by atoms with van der Waals surface area (Å²) in [5, 5.41) is 9.87. The summed E-state index contributed by atoms with van der Waals surface area (Å²) >= 11 is 6.68. The fraction of sp³-hybridized carbons (Fsp3) is 0.154. The fourth-order valence-corrected chi connectivity index (χ4v) is 2.76. The molecule has 1 N–H and O–H groups in total. The van der Waals surface area contributed by atoms with Crippen LogP contribution in [-0.2, 0) is 7.05 Å². The molecular weight excluding hydrogens is 292 g/mol. The highest BCUT2D eigenvalue weighted by Crippen LogP contribution is 2.28. The topological polar surface area (TPSA) is 55.7 Å². The minimum atomic E-state index is 0.582. The third kappa shape index (κ3) is 2.25. The molecule has 1 aromatic carbocycles. The average molecular weight is 304 g/mol. The van der Waals surface area contributed by atoms with Gasteiger partial charge in [0.2, 0.25) is 0 Å². The van der Waals surface area contributed by atoms with Crippen molar-refractivity contribution >= 4 is 23.6 Å². The van der Waals surface area contributed by atoms with Crippen LogP contribution >= 0.6 is 23.6 Å². The van der Waals surface area contributed by atoms with E-state index >= 15 is 0 Å². The van der Waals surface area contributed by atoms with Crippen molar-refractivity contribution in [2.24, 2.45) is 7.05 Å². The zero-order chi connectivity index (χ0) is 14.1. The number of H-pyrrole nitrogens is 1. The lowest BCUT2D eigenvalue weighted by Crippen LogP contribution is -1.92. The van der Waals surface area contributed by atoms with Crippen LogP contribution in [0.5, 0.6) is 5.75 Å². The monoisotopic (exact) mass is 304 g/mol. The highest BCUT2D eigenvalue weighted by Gasteiger charge is 2.11. The summed E-state index contributed by atoms with van der Waals surface area (Å²) < 4.78 is 7.54. The zero-order valence-corrected chi connectivity index (χ0v) is 12.6. The molecule has 0 unspecified atom stereocenters. The van der Waals surface area contributed by atoms with Crippen molar-refractivity contribution in [2.75, 3.05) is 7.11 Å². The zero-order valence-electron chi connectivity index (χ0n) is 11.0. The largest absolute Gasteiger partial charge is 0.497 e. The van der Waals surface area contributed by atoms with E-state index in [4.69, 9.17) is 17.0 Å². The second-order valence-corrected chi connectivity index (χ2v) is 5.42. The van der Waals surface area contributed by atoms with E-state index < -0.39 is 0 Å². The molecule has 3 aromatic rings. The summed E-state index contributed by atoms with van der Waals surface area (Å²) in [6, 6.07) is 7.83. The Hall–Kier alpha value is -1.99. The second kappa shape index (κ2) is 5.18. The Kier molecular flexibility index (Phi) is 3.37. The van der Waals surface area contributed by atoms with E-state index in [9.17, 15) is 0 Å². The van der Waals surface area contributed by atoms with Crippen molar-refractivity contribution in [1.29, 1.82) is 0 Å². The third-order valence-corrected chi connectivity index (χ3v) is 4.21. The number of rotatable bonds is 3. The van der Waals surface area contributed by atoms with Crippen molar-refractivity contribution in [3.63, 3.8) is 0 Å². The molecule has 0 radical (unpaired) electrons. The maximum Gasteiger partial charge on any atom is 0.195 e. The predicted octanol–water partition coefficient (Wildman–Crippen LogP) is 3.28. The van der Waals surface area contributed by atoms with Crippen LogP contribution in [0.4, 0.5) is 0 Å². The lowest BCUT2D eigenvalue weighted by Gasteiger charge is -2.00. The molecule has 2 heterocycles. The van der Waals surface area contributed by atoms with Crippen LogP contribution in [0.2, 0.25) is 0 Å². The number of hydrogen-bond donors (Lipinski definition) is 1. The Morgan fingerprint density at radius 2 is 2.05 bits per heavy atom. The SMILES string of the molecule is COc1ccc(-c2nc(-c3n[nH]c(=S)n3C)cs2)cc1. The summed E-state index contributed by atoms with van der Waals surface area (Å²) in [6.07, 6.45) is 0. The van der Waals surface area contributed by atoms with Gasteiger partial charge in [0.25, 0.3) is 0 Å². The molecule has 102 valence electrons. The molecular formula is C13H12N4OS2. The highest BCUT2D eigenvalue weighted by atomic mass is 32.1. The number of thiazole rings is 1. The van der Waals surface area contributed by atoms with Gasteiger partial charge < -0.3 is 9.30 Å². The van der Waals surface area contributed by atoms with Gasteiger partial charge in [0.05, 0.1) is 7.11 Å². The average Bonchev–Trinajstić information content (AvgIpc) is 3.08. The fourth-order valence-electron chi connectivity index (χ4n) is 1.82. The van der Waals surface area contributed by atoms with Crippen molar-refractivity contribution < 1.29 is 4.74 Å². The van der Waals surface area contributed by atoms with E-state index in [1.165, 1.54) is 0 Å². The van der Waals surface area contributed by atoms with Crippen LogP contribution in [0.1, 0.15) is 0 Å².